The molecule has 0 aromatic heterocycles. The standard InChI is InChI=1S/C13H21NO3S/c1-2-11(15)14-10(13(16)17)8-18-12(14)9-6-4-3-5-7-9/h9-10,12H,2-8H2,1H3,(H,16,17)/t10-,12+/m1/s1. The molecule has 0 aromatic rings. The molecule has 1 saturated carbocycles. The molecule has 2 fully saturated rings. The number of nitrogens with zero attached hydrogens (tertiary/aromatic N) is 1. The van der Waals surface area contributed by atoms with Crippen molar-refractivity contribution in [2.45, 2.75) is 56.9 Å². The van der Waals surface area contributed by atoms with Gasteiger partial charge in [0.15, 0.2) is 0 Å². The van der Waals surface area contributed by atoms with Crippen molar-refractivity contribution >= 4 is 23.6 Å². The van der Waals surface area contributed by atoms with E-state index in [0.29, 0.717) is 18.1 Å². The summed E-state index contributed by atoms with van der Waals surface area (Å²) in [5, 5.41) is 9.33. The van der Waals surface area contributed by atoms with Gasteiger partial charge in [0.05, 0.1) is 5.37 Å². The van der Waals surface area contributed by atoms with Crippen LogP contribution in [0.2, 0.25) is 0 Å². The zero-order chi connectivity index (χ0) is 13.1. The number of hydrogen-bond acceptors (Lipinski definition) is 3. The van der Waals surface area contributed by atoms with Crippen LogP contribution >= 0.6 is 11.8 Å². The Morgan fingerprint density at radius 2 is 1.94 bits per heavy atom. The van der Waals surface area contributed by atoms with E-state index in [1.165, 1.54) is 19.3 Å². The van der Waals surface area contributed by atoms with Crippen LogP contribution in [-0.2, 0) is 9.59 Å². The summed E-state index contributed by atoms with van der Waals surface area (Å²) in [7, 11) is 0. The van der Waals surface area contributed by atoms with Crippen molar-refractivity contribution in [1.29, 1.82) is 0 Å². The van der Waals surface area contributed by atoms with Crippen molar-refractivity contribution in [3.63, 3.8) is 0 Å². The molecule has 5 heteroatoms. The van der Waals surface area contributed by atoms with Gasteiger partial charge < -0.3 is 10.0 Å². The average Bonchev–Trinajstić information content (AvgIpc) is 2.83. The highest BCUT2D eigenvalue weighted by molar-refractivity contribution is 8.00. The predicted octanol–water partition coefficient (Wildman–Crippen LogP) is 2.33. The van der Waals surface area contributed by atoms with E-state index in [4.69, 9.17) is 0 Å². The Kier molecular flexibility index (Phi) is 4.54. The highest BCUT2D eigenvalue weighted by atomic mass is 32.2. The van der Waals surface area contributed by atoms with Gasteiger partial charge in [0.1, 0.15) is 6.04 Å². The normalized spacial score (nSPS) is 29.5. The van der Waals surface area contributed by atoms with E-state index in [1.54, 1.807) is 16.7 Å². The quantitative estimate of drug-likeness (QED) is 0.856. The van der Waals surface area contributed by atoms with Crippen LogP contribution in [0.25, 0.3) is 0 Å². The van der Waals surface area contributed by atoms with Crippen molar-refractivity contribution < 1.29 is 14.7 Å². The zero-order valence-corrected chi connectivity index (χ0v) is 11.6. The maximum absolute atomic E-state index is 12.0. The van der Waals surface area contributed by atoms with Gasteiger partial charge in [-0.1, -0.05) is 26.2 Å². The Morgan fingerprint density at radius 3 is 2.50 bits per heavy atom. The van der Waals surface area contributed by atoms with Crippen LogP contribution in [0.3, 0.4) is 0 Å². The predicted molar refractivity (Wildman–Crippen MR) is 71.4 cm³/mol. The van der Waals surface area contributed by atoms with Gasteiger partial charge in [0.25, 0.3) is 0 Å². The molecule has 0 aromatic carbocycles. The topological polar surface area (TPSA) is 57.6 Å². The van der Waals surface area contributed by atoms with E-state index in [-0.39, 0.29) is 11.3 Å². The van der Waals surface area contributed by atoms with Gasteiger partial charge in [-0.2, -0.15) is 0 Å². The Morgan fingerprint density at radius 1 is 1.28 bits per heavy atom. The summed E-state index contributed by atoms with van der Waals surface area (Å²) in [5.74, 6) is 0.164. The zero-order valence-electron chi connectivity index (χ0n) is 10.8. The van der Waals surface area contributed by atoms with Gasteiger partial charge in [0.2, 0.25) is 5.91 Å². The average molecular weight is 271 g/mol. The largest absolute Gasteiger partial charge is 0.480 e. The molecular weight excluding hydrogens is 250 g/mol. The Labute approximate surface area is 112 Å². The maximum atomic E-state index is 12.0. The number of carbonyl (C=O) groups is 2. The minimum atomic E-state index is -0.859. The minimum Gasteiger partial charge on any atom is -0.480 e. The third-order valence-electron chi connectivity index (χ3n) is 3.96. The smallest absolute Gasteiger partial charge is 0.327 e. The molecule has 1 amide bonds. The second-order valence-corrected chi connectivity index (χ2v) is 6.28. The number of carboxylic acid groups (broad SMARTS) is 1. The van der Waals surface area contributed by atoms with Crippen LogP contribution in [0.15, 0.2) is 0 Å². The van der Waals surface area contributed by atoms with Crippen LogP contribution in [0.4, 0.5) is 0 Å². The van der Waals surface area contributed by atoms with Crippen molar-refractivity contribution in [3.8, 4) is 0 Å². The fraction of sp³-hybridized carbons (Fsp3) is 0.846. The monoisotopic (exact) mass is 271 g/mol. The Bertz CT molecular complexity index is 328. The molecule has 0 bridgehead atoms. The second kappa shape index (κ2) is 5.95. The molecule has 2 atom stereocenters. The number of carboxylic acids is 1. The molecule has 2 aliphatic rings. The summed E-state index contributed by atoms with van der Waals surface area (Å²) in [5.41, 5.74) is 0. The molecule has 102 valence electrons. The first kappa shape index (κ1) is 13.7. The fourth-order valence-electron chi connectivity index (χ4n) is 3.00. The van der Waals surface area contributed by atoms with E-state index in [1.807, 2.05) is 6.92 Å². The first-order chi connectivity index (χ1) is 8.65. The molecule has 18 heavy (non-hydrogen) atoms. The summed E-state index contributed by atoms with van der Waals surface area (Å²) in [6.07, 6.45) is 6.38. The number of carbonyl (C=O) groups excluding carboxylic acids is 1. The van der Waals surface area contributed by atoms with E-state index in [9.17, 15) is 14.7 Å². The van der Waals surface area contributed by atoms with E-state index >= 15 is 0 Å². The molecule has 1 N–H and O–H groups in total. The second-order valence-electron chi connectivity index (χ2n) is 5.13. The summed E-state index contributed by atoms with van der Waals surface area (Å²) in [4.78, 5) is 24.9. The van der Waals surface area contributed by atoms with E-state index in [0.717, 1.165) is 12.8 Å². The molecule has 0 radical (unpaired) electrons. The summed E-state index contributed by atoms with van der Waals surface area (Å²) in [6.45, 7) is 1.81. The van der Waals surface area contributed by atoms with E-state index in [2.05, 4.69) is 0 Å². The first-order valence-corrected chi connectivity index (χ1v) is 7.85. The third kappa shape index (κ3) is 2.66. The van der Waals surface area contributed by atoms with Crippen molar-refractivity contribution in [3.05, 3.63) is 0 Å². The molecule has 1 aliphatic heterocycles. The summed E-state index contributed by atoms with van der Waals surface area (Å²) < 4.78 is 0. The van der Waals surface area contributed by atoms with Crippen LogP contribution in [-0.4, -0.2) is 39.1 Å². The van der Waals surface area contributed by atoms with Gasteiger partial charge in [-0.3, -0.25) is 4.79 Å². The number of aliphatic carboxylic acids is 1. The first-order valence-electron chi connectivity index (χ1n) is 6.80. The fourth-order valence-corrected chi connectivity index (χ4v) is 4.65. The lowest BCUT2D eigenvalue weighted by molar-refractivity contribution is -0.149. The molecule has 1 saturated heterocycles. The highest BCUT2D eigenvalue weighted by Crippen LogP contribution is 2.40. The van der Waals surface area contributed by atoms with Crippen LogP contribution < -0.4 is 0 Å². The van der Waals surface area contributed by atoms with Crippen molar-refractivity contribution in [2.24, 2.45) is 5.92 Å². The molecule has 1 heterocycles. The number of rotatable bonds is 3. The lowest BCUT2D eigenvalue weighted by atomic mass is 9.88. The van der Waals surface area contributed by atoms with Gasteiger partial charge in [0, 0.05) is 12.2 Å². The third-order valence-corrected chi connectivity index (χ3v) is 5.43. The van der Waals surface area contributed by atoms with Gasteiger partial charge in [-0.15, -0.1) is 11.8 Å². The Hall–Kier alpha value is -0.710. The summed E-state index contributed by atoms with van der Waals surface area (Å²) in [6, 6.07) is -0.616. The minimum absolute atomic E-state index is 0.0111. The lowest BCUT2D eigenvalue weighted by Crippen LogP contribution is -2.47. The maximum Gasteiger partial charge on any atom is 0.327 e. The molecule has 0 unspecified atom stereocenters. The van der Waals surface area contributed by atoms with Crippen LogP contribution in [0, 0.1) is 5.92 Å². The molecule has 4 nitrogen and oxygen atoms in total. The molecule has 1 aliphatic carbocycles. The van der Waals surface area contributed by atoms with Gasteiger partial charge >= 0.3 is 5.97 Å². The van der Waals surface area contributed by atoms with Crippen LogP contribution in [0.1, 0.15) is 45.4 Å². The van der Waals surface area contributed by atoms with Crippen molar-refractivity contribution in [1.82, 2.24) is 4.90 Å². The lowest BCUT2D eigenvalue weighted by Gasteiger charge is -2.34. The number of amides is 1. The Balaban J connectivity index is 2.13. The highest BCUT2D eigenvalue weighted by Gasteiger charge is 2.44. The summed E-state index contributed by atoms with van der Waals surface area (Å²) >= 11 is 1.66. The van der Waals surface area contributed by atoms with Crippen LogP contribution in [0.5, 0.6) is 0 Å². The molecule has 2 rings (SSSR count). The molecule has 0 spiro atoms. The van der Waals surface area contributed by atoms with Crippen molar-refractivity contribution in [2.75, 3.05) is 5.75 Å². The number of hydrogen-bond donors (Lipinski definition) is 1. The van der Waals surface area contributed by atoms with Gasteiger partial charge in [-0.25, -0.2) is 4.79 Å². The van der Waals surface area contributed by atoms with Gasteiger partial charge in [-0.05, 0) is 18.8 Å². The molecular formula is C13H21NO3S. The van der Waals surface area contributed by atoms with E-state index < -0.39 is 12.0 Å². The number of thioether (sulfide) groups is 1. The SMILES string of the molecule is CCC(=O)N1[C@@H](C(=O)O)CS[C@H]1C1CCCCC1.